The van der Waals surface area contributed by atoms with E-state index in [1.807, 2.05) is 0 Å². The molecule has 0 aliphatic heterocycles. The molecule has 2 aromatic rings. The first-order valence-electron chi connectivity index (χ1n) is 4.12. The lowest BCUT2D eigenvalue weighted by Gasteiger charge is -1.99. The maximum absolute atomic E-state index is 4.22. The Kier molecular flexibility index (Phi) is 2.71. The van der Waals surface area contributed by atoms with E-state index in [0.717, 1.165) is 5.75 Å². The van der Waals surface area contributed by atoms with Crippen molar-refractivity contribution in [3.05, 3.63) is 46.7 Å². The van der Waals surface area contributed by atoms with Crippen molar-refractivity contribution in [1.29, 1.82) is 0 Å². The molecular formula is C11H10S2. The third-order valence-corrected chi connectivity index (χ3v) is 3.04. The second-order valence-corrected chi connectivity index (χ2v) is 3.96. The van der Waals surface area contributed by atoms with Crippen molar-refractivity contribution in [2.24, 2.45) is 0 Å². The first-order valence-corrected chi connectivity index (χ1v) is 5.70. The molecule has 0 atom stereocenters. The molecule has 0 fully saturated rings. The van der Waals surface area contributed by atoms with Crippen molar-refractivity contribution in [3.63, 3.8) is 0 Å². The van der Waals surface area contributed by atoms with E-state index in [4.69, 9.17) is 0 Å². The van der Waals surface area contributed by atoms with Crippen LogP contribution in [0, 0.1) is 0 Å². The second kappa shape index (κ2) is 3.99. The van der Waals surface area contributed by atoms with Crippen molar-refractivity contribution in [1.82, 2.24) is 0 Å². The van der Waals surface area contributed by atoms with Crippen molar-refractivity contribution < 1.29 is 0 Å². The Labute approximate surface area is 87.6 Å². The largest absolute Gasteiger partial charge is 0.175 e. The fraction of sp³-hybridized carbons (Fsp3) is 0.0909. The van der Waals surface area contributed by atoms with Crippen LogP contribution in [0.25, 0.3) is 11.1 Å². The van der Waals surface area contributed by atoms with Crippen molar-refractivity contribution >= 4 is 24.0 Å². The Morgan fingerprint density at radius 2 is 1.77 bits per heavy atom. The van der Waals surface area contributed by atoms with E-state index in [2.05, 4.69) is 53.7 Å². The lowest BCUT2D eigenvalue weighted by molar-refractivity contribution is 1.43. The smallest absolute Gasteiger partial charge is 0.0154 e. The summed E-state index contributed by atoms with van der Waals surface area (Å²) in [6.07, 6.45) is 0. The molecule has 2 heteroatoms. The Morgan fingerprint density at radius 1 is 1.00 bits per heavy atom. The van der Waals surface area contributed by atoms with Crippen LogP contribution in [0.15, 0.2) is 41.1 Å². The molecule has 1 heterocycles. The molecule has 2 rings (SSSR count). The summed E-state index contributed by atoms with van der Waals surface area (Å²) in [6.45, 7) is 0. The molecule has 0 unspecified atom stereocenters. The third kappa shape index (κ3) is 1.95. The molecule has 1 aromatic carbocycles. The molecule has 0 aliphatic carbocycles. The second-order valence-electron chi connectivity index (χ2n) is 2.87. The maximum Gasteiger partial charge on any atom is 0.0154 e. The van der Waals surface area contributed by atoms with Gasteiger partial charge in [0.2, 0.25) is 0 Å². The van der Waals surface area contributed by atoms with Gasteiger partial charge in [-0.3, -0.25) is 0 Å². The van der Waals surface area contributed by atoms with Gasteiger partial charge in [0.1, 0.15) is 0 Å². The van der Waals surface area contributed by atoms with Gasteiger partial charge in [-0.25, -0.2) is 0 Å². The monoisotopic (exact) mass is 206 g/mol. The van der Waals surface area contributed by atoms with E-state index >= 15 is 0 Å². The lowest BCUT2D eigenvalue weighted by Crippen LogP contribution is -1.77. The van der Waals surface area contributed by atoms with E-state index in [1.54, 1.807) is 11.3 Å². The summed E-state index contributed by atoms with van der Waals surface area (Å²) >= 11 is 5.95. The van der Waals surface area contributed by atoms with Gasteiger partial charge in [0.25, 0.3) is 0 Å². The van der Waals surface area contributed by atoms with Gasteiger partial charge < -0.3 is 0 Å². The molecule has 0 saturated heterocycles. The number of thiophene rings is 1. The summed E-state index contributed by atoms with van der Waals surface area (Å²) in [7, 11) is 0. The molecule has 0 aliphatic rings. The molecule has 0 amide bonds. The van der Waals surface area contributed by atoms with Gasteiger partial charge in [-0.2, -0.15) is 24.0 Å². The Balaban J connectivity index is 2.33. The van der Waals surface area contributed by atoms with Crippen LogP contribution in [0.3, 0.4) is 0 Å². The molecule has 0 spiro atoms. The van der Waals surface area contributed by atoms with Crippen LogP contribution in [-0.2, 0) is 5.75 Å². The standard InChI is InChI=1S/C11H10S2/c12-7-9-1-3-10(4-2-9)11-5-6-13-8-11/h1-6,8,12H,7H2. The van der Waals surface area contributed by atoms with Gasteiger partial charge in [-0.1, -0.05) is 24.3 Å². The summed E-state index contributed by atoms with van der Waals surface area (Å²) in [5, 5.41) is 4.26. The van der Waals surface area contributed by atoms with Crippen LogP contribution in [0.5, 0.6) is 0 Å². The lowest BCUT2D eigenvalue weighted by atomic mass is 10.1. The van der Waals surface area contributed by atoms with Gasteiger partial charge in [0.15, 0.2) is 0 Å². The Hall–Kier alpha value is -0.730. The van der Waals surface area contributed by atoms with E-state index in [-0.39, 0.29) is 0 Å². The number of thiol groups is 1. The van der Waals surface area contributed by atoms with Crippen LogP contribution in [-0.4, -0.2) is 0 Å². The summed E-state index contributed by atoms with van der Waals surface area (Å²) in [6, 6.07) is 10.7. The fourth-order valence-corrected chi connectivity index (χ4v) is 2.11. The summed E-state index contributed by atoms with van der Waals surface area (Å²) in [4.78, 5) is 0. The average molecular weight is 206 g/mol. The first-order chi connectivity index (χ1) is 6.40. The van der Waals surface area contributed by atoms with Crippen LogP contribution in [0.4, 0.5) is 0 Å². The van der Waals surface area contributed by atoms with Crippen molar-refractivity contribution in [2.45, 2.75) is 5.75 Å². The van der Waals surface area contributed by atoms with E-state index in [9.17, 15) is 0 Å². The summed E-state index contributed by atoms with van der Waals surface area (Å²) < 4.78 is 0. The Morgan fingerprint density at radius 3 is 2.31 bits per heavy atom. The van der Waals surface area contributed by atoms with Crippen LogP contribution in [0.1, 0.15) is 5.56 Å². The minimum absolute atomic E-state index is 0.809. The molecule has 0 bridgehead atoms. The van der Waals surface area contributed by atoms with E-state index < -0.39 is 0 Å². The van der Waals surface area contributed by atoms with Crippen LogP contribution in [0.2, 0.25) is 0 Å². The van der Waals surface area contributed by atoms with E-state index in [1.165, 1.54) is 16.7 Å². The molecule has 0 N–H and O–H groups in total. The summed E-state index contributed by atoms with van der Waals surface area (Å²) in [5.41, 5.74) is 3.85. The van der Waals surface area contributed by atoms with Gasteiger partial charge in [0.05, 0.1) is 0 Å². The molecule has 0 saturated carbocycles. The number of benzene rings is 1. The van der Waals surface area contributed by atoms with Gasteiger partial charge >= 0.3 is 0 Å². The zero-order valence-corrected chi connectivity index (χ0v) is 8.81. The van der Waals surface area contributed by atoms with Crippen molar-refractivity contribution in [3.8, 4) is 11.1 Å². The predicted molar refractivity (Wildman–Crippen MR) is 62.4 cm³/mol. The first kappa shape index (κ1) is 8.85. The zero-order valence-electron chi connectivity index (χ0n) is 7.10. The van der Waals surface area contributed by atoms with Crippen LogP contribution >= 0.6 is 24.0 Å². The van der Waals surface area contributed by atoms with Gasteiger partial charge in [-0.05, 0) is 33.5 Å². The molecule has 0 nitrogen and oxygen atoms in total. The highest BCUT2D eigenvalue weighted by Gasteiger charge is 1.96. The highest BCUT2D eigenvalue weighted by molar-refractivity contribution is 7.79. The minimum Gasteiger partial charge on any atom is -0.175 e. The highest BCUT2D eigenvalue weighted by Crippen LogP contribution is 2.22. The number of hydrogen-bond donors (Lipinski definition) is 1. The number of rotatable bonds is 2. The SMILES string of the molecule is SCc1ccc(-c2ccsc2)cc1. The van der Waals surface area contributed by atoms with Crippen molar-refractivity contribution in [2.75, 3.05) is 0 Å². The molecule has 66 valence electrons. The highest BCUT2D eigenvalue weighted by atomic mass is 32.1. The minimum atomic E-state index is 0.809. The maximum atomic E-state index is 4.22. The fourth-order valence-electron chi connectivity index (χ4n) is 1.23. The normalized spacial score (nSPS) is 10.2. The Bertz CT molecular complexity index is 359. The molecule has 1 aromatic heterocycles. The molecule has 0 radical (unpaired) electrons. The predicted octanol–water partition coefficient (Wildman–Crippen LogP) is 3.84. The molecular weight excluding hydrogens is 196 g/mol. The zero-order chi connectivity index (χ0) is 9.10. The van der Waals surface area contributed by atoms with Gasteiger partial charge in [0, 0.05) is 5.75 Å². The third-order valence-electron chi connectivity index (χ3n) is 1.99. The quantitative estimate of drug-likeness (QED) is 0.709. The summed E-state index contributed by atoms with van der Waals surface area (Å²) in [5.74, 6) is 0.809. The molecule has 13 heavy (non-hydrogen) atoms. The van der Waals surface area contributed by atoms with Crippen LogP contribution < -0.4 is 0 Å². The van der Waals surface area contributed by atoms with Gasteiger partial charge in [-0.15, -0.1) is 0 Å². The topological polar surface area (TPSA) is 0 Å². The number of hydrogen-bond acceptors (Lipinski definition) is 2. The van der Waals surface area contributed by atoms with E-state index in [0.29, 0.717) is 0 Å². The average Bonchev–Trinajstić information content (AvgIpc) is 2.71.